The van der Waals surface area contributed by atoms with Crippen LogP contribution in [0.3, 0.4) is 0 Å². The van der Waals surface area contributed by atoms with Crippen molar-refractivity contribution in [1.82, 2.24) is 4.57 Å². The van der Waals surface area contributed by atoms with E-state index >= 15 is 0 Å². The van der Waals surface area contributed by atoms with Gasteiger partial charge in [0.15, 0.2) is 0 Å². The Morgan fingerprint density at radius 1 is 0.361 bits per heavy atom. The molecular formula is C59H50N2. The van der Waals surface area contributed by atoms with E-state index in [2.05, 4.69) is 245 Å². The monoisotopic (exact) mass is 786 g/mol. The van der Waals surface area contributed by atoms with Crippen LogP contribution < -0.4 is 4.90 Å². The van der Waals surface area contributed by atoms with Gasteiger partial charge in [0.2, 0.25) is 0 Å². The normalized spacial score (nSPS) is 15.1. The minimum Gasteiger partial charge on any atom is -0.312 e. The summed E-state index contributed by atoms with van der Waals surface area (Å²) in [5.41, 5.74) is 21.2. The molecular weight excluding hydrogens is 737 g/mol. The van der Waals surface area contributed by atoms with Crippen LogP contribution in [-0.4, -0.2) is 4.57 Å². The Morgan fingerprint density at radius 3 is 1.51 bits per heavy atom. The average Bonchev–Trinajstić information content (AvgIpc) is 3.77. The first-order valence-electron chi connectivity index (χ1n) is 21.7. The van der Waals surface area contributed by atoms with Crippen LogP contribution in [0.25, 0.3) is 50.0 Å². The Bertz CT molecular complexity index is 3130. The molecule has 11 rings (SSSR count). The molecule has 2 aliphatic rings. The second-order valence-electron chi connectivity index (χ2n) is 18.6. The van der Waals surface area contributed by atoms with Crippen LogP contribution in [0.5, 0.6) is 0 Å². The third-order valence-corrected chi connectivity index (χ3v) is 14.0. The summed E-state index contributed by atoms with van der Waals surface area (Å²) in [6.07, 6.45) is 0. The Labute approximate surface area is 360 Å². The molecule has 2 heteroatoms. The Hall–Kier alpha value is -6.90. The summed E-state index contributed by atoms with van der Waals surface area (Å²) < 4.78 is 2.53. The van der Waals surface area contributed by atoms with E-state index in [1.165, 1.54) is 83.5 Å². The maximum atomic E-state index is 2.53. The van der Waals surface area contributed by atoms with Crippen molar-refractivity contribution in [1.29, 1.82) is 0 Å². The lowest BCUT2D eigenvalue weighted by Crippen LogP contribution is -2.37. The molecule has 0 atom stereocenters. The van der Waals surface area contributed by atoms with Gasteiger partial charge in [-0.05, 0) is 122 Å². The van der Waals surface area contributed by atoms with E-state index in [1.807, 2.05) is 0 Å². The first-order chi connectivity index (χ1) is 29.5. The number of nitrogens with zero attached hydrogens (tertiary/aromatic N) is 2. The standard InChI is InChI=1S/C59H50N2/c1-57(2)50-22-14-13-21-47(50)48-35-34-46(38-53(48)57)60(44-30-25-40(26-31-44)39-17-9-7-10-18-39)45-32-27-41(28-33-45)42-29-36-54-49(37-42)55-56(61(54)43-19-11-8-12-20-43)59(5,6)52-24-16-15-23-51(52)58(55,3)4/h7-38H,1-6H3. The van der Waals surface area contributed by atoms with Crippen LogP contribution in [0.15, 0.2) is 194 Å². The van der Waals surface area contributed by atoms with Crippen LogP contribution in [0.1, 0.15) is 75.1 Å². The van der Waals surface area contributed by atoms with Crippen LogP contribution >= 0.6 is 0 Å². The second kappa shape index (κ2) is 13.6. The van der Waals surface area contributed by atoms with E-state index in [-0.39, 0.29) is 16.2 Å². The van der Waals surface area contributed by atoms with Crippen molar-refractivity contribution < 1.29 is 0 Å². The Balaban J connectivity index is 1.04. The van der Waals surface area contributed by atoms with E-state index < -0.39 is 0 Å². The number of rotatable bonds is 6. The Morgan fingerprint density at radius 2 is 0.852 bits per heavy atom. The molecule has 61 heavy (non-hydrogen) atoms. The maximum Gasteiger partial charge on any atom is 0.0535 e. The molecule has 2 aliphatic carbocycles. The number of aromatic nitrogens is 1. The number of hydrogen-bond donors (Lipinski definition) is 0. The lowest BCUT2D eigenvalue weighted by atomic mass is 9.62. The summed E-state index contributed by atoms with van der Waals surface area (Å²) >= 11 is 0. The number of fused-ring (bicyclic) bond motifs is 7. The fourth-order valence-electron chi connectivity index (χ4n) is 10.9. The molecule has 1 aromatic heterocycles. The molecule has 0 bridgehead atoms. The van der Waals surface area contributed by atoms with E-state index in [4.69, 9.17) is 0 Å². The number of para-hydroxylation sites is 1. The first kappa shape index (κ1) is 37.1. The third-order valence-electron chi connectivity index (χ3n) is 14.0. The number of hydrogen-bond acceptors (Lipinski definition) is 1. The molecule has 0 spiro atoms. The van der Waals surface area contributed by atoms with Crippen molar-refractivity contribution in [2.24, 2.45) is 0 Å². The number of benzene rings is 8. The topological polar surface area (TPSA) is 8.17 Å². The quantitative estimate of drug-likeness (QED) is 0.163. The highest BCUT2D eigenvalue weighted by atomic mass is 15.1. The zero-order chi connectivity index (χ0) is 41.7. The fourth-order valence-corrected chi connectivity index (χ4v) is 10.9. The molecule has 0 N–H and O–H groups in total. The zero-order valence-corrected chi connectivity index (χ0v) is 35.9. The van der Waals surface area contributed by atoms with Gasteiger partial charge in [0.25, 0.3) is 0 Å². The average molecular weight is 787 g/mol. The van der Waals surface area contributed by atoms with Crippen molar-refractivity contribution in [3.63, 3.8) is 0 Å². The minimum absolute atomic E-state index is 0.0994. The Kier molecular flexibility index (Phi) is 8.25. The third kappa shape index (κ3) is 5.62. The second-order valence-corrected chi connectivity index (χ2v) is 18.6. The van der Waals surface area contributed by atoms with Crippen molar-refractivity contribution in [2.45, 2.75) is 57.8 Å². The van der Waals surface area contributed by atoms with Gasteiger partial charge in [0.1, 0.15) is 0 Å². The van der Waals surface area contributed by atoms with Gasteiger partial charge in [-0.25, -0.2) is 0 Å². The minimum atomic E-state index is -0.198. The predicted octanol–water partition coefficient (Wildman–Crippen LogP) is 15.7. The zero-order valence-electron chi connectivity index (χ0n) is 35.9. The van der Waals surface area contributed by atoms with Crippen LogP contribution in [0, 0.1) is 0 Å². The molecule has 8 aromatic carbocycles. The highest BCUT2D eigenvalue weighted by molar-refractivity contribution is 5.95. The molecule has 0 unspecified atom stereocenters. The van der Waals surface area contributed by atoms with Gasteiger partial charge in [0.05, 0.1) is 5.52 Å². The van der Waals surface area contributed by atoms with Crippen LogP contribution in [0.2, 0.25) is 0 Å². The van der Waals surface area contributed by atoms with Crippen molar-refractivity contribution in [2.75, 3.05) is 4.90 Å². The van der Waals surface area contributed by atoms with Gasteiger partial charge < -0.3 is 9.47 Å². The summed E-state index contributed by atoms with van der Waals surface area (Å²) in [6.45, 7) is 14.3. The highest BCUT2D eigenvalue weighted by Crippen LogP contribution is 2.55. The summed E-state index contributed by atoms with van der Waals surface area (Å²) in [4.78, 5) is 2.42. The molecule has 0 amide bonds. The molecule has 1 heterocycles. The van der Waals surface area contributed by atoms with E-state index in [0.29, 0.717) is 0 Å². The van der Waals surface area contributed by atoms with Gasteiger partial charge >= 0.3 is 0 Å². The van der Waals surface area contributed by atoms with E-state index in [9.17, 15) is 0 Å². The molecule has 0 fully saturated rings. The largest absolute Gasteiger partial charge is 0.312 e. The molecule has 0 radical (unpaired) electrons. The summed E-state index contributed by atoms with van der Waals surface area (Å²) in [6, 6.07) is 71.9. The van der Waals surface area contributed by atoms with E-state index in [1.54, 1.807) is 0 Å². The smallest absolute Gasteiger partial charge is 0.0535 e. The van der Waals surface area contributed by atoms with Crippen molar-refractivity contribution in [3.05, 3.63) is 228 Å². The van der Waals surface area contributed by atoms with Gasteiger partial charge in [-0.2, -0.15) is 0 Å². The molecule has 0 aliphatic heterocycles. The fraction of sp³-hybridized carbons (Fsp3) is 0.153. The van der Waals surface area contributed by atoms with Gasteiger partial charge in [0, 0.05) is 50.1 Å². The predicted molar refractivity (Wildman–Crippen MR) is 257 cm³/mol. The molecule has 0 saturated carbocycles. The van der Waals surface area contributed by atoms with Gasteiger partial charge in [-0.15, -0.1) is 0 Å². The molecule has 296 valence electrons. The number of anilines is 3. The van der Waals surface area contributed by atoms with Crippen molar-refractivity contribution in [3.8, 4) is 39.1 Å². The summed E-state index contributed by atoms with van der Waals surface area (Å²) in [5.74, 6) is 0. The summed E-state index contributed by atoms with van der Waals surface area (Å²) in [5, 5.41) is 1.31. The SMILES string of the molecule is CC1(C)c2ccccc2-c2ccc(N(c3ccc(-c4ccccc4)cc3)c3ccc(-c4ccc5c(c4)c4c(n5-c5ccccc5)C(C)(C)c5ccccc5C4(C)C)cc3)cc21. The molecule has 2 nitrogen and oxygen atoms in total. The van der Waals surface area contributed by atoms with Gasteiger partial charge in [-0.1, -0.05) is 175 Å². The molecule has 0 saturated heterocycles. The van der Waals surface area contributed by atoms with Crippen LogP contribution in [-0.2, 0) is 16.2 Å². The lowest BCUT2D eigenvalue weighted by molar-refractivity contribution is 0.506. The summed E-state index contributed by atoms with van der Waals surface area (Å²) in [7, 11) is 0. The van der Waals surface area contributed by atoms with Crippen molar-refractivity contribution >= 4 is 28.0 Å². The lowest BCUT2D eigenvalue weighted by Gasteiger charge is -2.43. The molecule has 9 aromatic rings. The van der Waals surface area contributed by atoms with Crippen LogP contribution in [0.4, 0.5) is 17.1 Å². The van der Waals surface area contributed by atoms with E-state index in [0.717, 1.165) is 17.1 Å². The van der Waals surface area contributed by atoms with Gasteiger partial charge in [-0.3, -0.25) is 0 Å². The maximum absolute atomic E-state index is 2.53. The highest BCUT2D eigenvalue weighted by Gasteiger charge is 2.46. The first-order valence-corrected chi connectivity index (χ1v) is 21.7.